The average Bonchev–Trinajstić information content (AvgIpc) is 2.83. The van der Waals surface area contributed by atoms with Crippen molar-refractivity contribution in [3.63, 3.8) is 0 Å². The van der Waals surface area contributed by atoms with Gasteiger partial charge in [-0.25, -0.2) is 0 Å². The first-order valence-corrected chi connectivity index (χ1v) is 6.70. The molecule has 3 nitrogen and oxygen atoms in total. The van der Waals surface area contributed by atoms with Crippen LogP contribution < -0.4 is 5.32 Å². The number of hydrogen-bond donors (Lipinski definition) is 1. The Kier molecular flexibility index (Phi) is 10.1. The number of methoxy groups -OCH3 is 1. The lowest BCUT2D eigenvalue weighted by molar-refractivity contribution is 0.198. The second-order valence-electron chi connectivity index (χ2n) is 4.06. The lowest BCUT2D eigenvalue weighted by Crippen LogP contribution is -2.18. The summed E-state index contributed by atoms with van der Waals surface area (Å²) in [5.41, 5.74) is 0.842. The zero-order valence-corrected chi connectivity index (χ0v) is 14.5. The van der Waals surface area contributed by atoms with Gasteiger partial charge in [-0.15, -0.1) is 24.8 Å². The molecule has 1 aromatic heterocycles. The Bertz CT molecular complexity index is 546. The van der Waals surface area contributed by atoms with Crippen molar-refractivity contribution in [2.24, 2.45) is 0 Å². The van der Waals surface area contributed by atoms with Crippen LogP contribution in [0.15, 0.2) is 34.7 Å². The molecule has 0 unspecified atom stereocenters. The Morgan fingerprint density at radius 3 is 2.57 bits per heavy atom. The van der Waals surface area contributed by atoms with E-state index in [0.29, 0.717) is 23.2 Å². The predicted molar refractivity (Wildman–Crippen MR) is 92.2 cm³/mol. The van der Waals surface area contributed by atoms with Crippen molar-refractivity contribution in [3.8, 4) is 11.3 Å². The Balaban J connectivity index is 0.00000200. The third-order valence-corrected chi connectivity index (χ3v) is 3.19. The number of ether oxygens (including phenoxy) is 1. The first-order chi connectivity index (χ1) is 9.20. The van der Waals surface area contributed by atoms with Crippen LogP contribution in [0.3, 0.4) is 0 Å². The minimum atomic E-state index is 0. The molecule has 0 saturated carbocycles. The van der Waals surface area contributed by atoms with Crippen LogP contribution >= 0.6 is 48.0 Å². The molecule has 0 aliphatic rings. The molecule has 1 aromatic carbocycles. The Morgan fingerprint density at radius 1 is 1.14 bits per heavy atom. The van der Waals surface area contributed by atoms with Gasteiger partial charge >= 0.3 is 0 Å². The summed E-state index contributed by atoms with van der Waals surface area (Å²) in [5.74, 6) is 1.60. The summed E-state index contributed by atoms with van der Waals surface area (Å²) in [6.45, 7) is 2.12. The first-order valence-electron chi connectivity index (χ1n) is 5.94. The zero-order chi connectivity index (χ0) is 13.7. The monoisotopic (exact) mass is 371 g/mol. The quantitative estimate of drug-likeness (QED) is 0.737. The number of rotatable bonds is 6. The first kappa shape index (κ1) is 20.6. The largest absolute Gasteiger partial charge is 0.460 e. The molecule has 0 fully saturated rings. The summed E-state index contributed by atoms with van der Waals surface area (Å²) in [6.07, 6.45) is 0. The molecule has 7 heteroatoms. The number of furan rings is 1. The Labute approximate surface area is 146 Å². The van der Waals surface area contributed by atoms with Crippen LogP contribution in [0.4, 0.5) is 0 Å². The van der Waals surface area contributed by atoms with E-state index >= 15 is 0 Å². The van der Waals surface area contributed by atoms with Gasteiger partial charge in [-0.1, -0.05) is 23.2 Å². The minimum absolute atomic E-state index is 0. The molecule has 0 aliphatic heterocycles. The van der Waals surface area contributed by atoms with Crippen LogP contribution in [0.2, 0.25) is 10.0 Å². The van der Waals surface area contributed by atoms with Crippen LogP contribution in [-0.2, 0) is 11.3 Å². The lowest BCUT2D eigenvalue weighted by Gasteiger charge is -2.03. The van der Waals surface area contributed by atoms with Crippen molar-refractivity contribution < 1.29 is 9.15 Å². The van der Waals surface area contributed by atoms with Gasteiger partial charge in [0.25, 0.3) is 0 Å². The highest BCUT2D eigenvalue weighted by Crippen LogP contribution is 2.31. The Morgan fingerprint density at radius 2 is 1.90 bits per heavy atom. The van der Waals surface area contributed by atoms with Gasteiger partial charge < -0.3 is 14.5 Å². The number of halogens is 4. The molecule has 0 saturated heterocycles. The lowest BCUT2D eigenvalue weighted by atomic mass is 10.2. The highest BCUT2D eigenvalue weighted by atomic mass is 35.5. The highest BCUT2D eigenvalue weighted by Gasteiger charge is 2.08. The second-order valence-corrected chi connectivity index (χ2v) is 4.90. The highest BCUT2D eigenvalue weighted by molar-refractivity contribution is 6.36. The fourth-order valence-electron chi connectivity index (χ4n) is 1.69. The normalized spacial score (nSPS) is 9.86. The van der Waals surface area contributed by atoms with Crippen LogP contribution in [0, 0.1) is 0 Å². The van der Waals surface area contributed by atoms with Gasteiger partial charge in [0.1, 0.15) is 11.5 Å². The van der Waals surface area contributed by atoms with Gasteiger partial charge in [-0.05, 0) is 30.3 Å². The Hall–Kier alpha value is -0.420. The maximum absolute atomic E-state index is 6.14. The molecule has 21 heavy (non-hydrogen) atoms. The summed E-state index contributed by atoms with van der Waals surface area (Å²) in [7, 11) is 1.68. The van der Waals surface area contributed by atoms with Crippen molar-refractivity contribution in [2.45, 2.75) is 6.54 Å². The molecule has 2 rings (SSSR count). The van der Waals surface area contributed by atoms with Gasteiger partial charge in [0.2, 0.25) is 0 Å². The molecule has 0 atom stereocenters. The summed E-state index contributed by atoms with van der Waals surface area (Å²) < 4.78 is 10.7. The second kappa shape index (κ2) is 10.3. The molecule has 0 aliphatic carbocycles. The predicted octanol–water partition coefficient (Wildman–Crippen LogP) is 4.83. The van der Waals surface area contributed by atoms with Crippen molar-refractivity contribution >= 4 is 48.0 Å². The van der Waals surface area contributed by atoms with Crippen molar-refractivity contribution in [2.75, 3.05) is 20.3 Å². The van der Waals surface area contributed by atoms with Crippen molar-refractivity contribution in [1.82, 2.24) is 5.32 Å². The summed E-state index contributed by atoms with van der Waals surface area (Å²) >= 11 is 12.0. The summed E-state index contributed by atoms with van der Waals surface area (Å²) in [4.78, 5) is 0. The molecule has 0 radical (unpaired) electrons. The third kappa shape index (κ3) is 6.07. The van der Waals surface area contributed by atoms with E-state index in [4.69, 9.17) is 32.4 Å². The van der Waals surface area contributed by atoms with E-state index in [1.54, 1.807) is 19.2 Å². The van der Waals surface area contributed by atoms with Crippen molar-refractivity contribution in [1.29, 1.82) is 0 Å². The SMILES string of the molecule is COCCNCc1ccc(-c2ccc(Cl)cc2Cl)o1.Cl.Cl. The van der Waals surface area contributed by atoms with Gasteiger partial charge in [0, 0.05) is 24.2 Å². The van der Waals surface area contributed by atoms with Crippen LogP contribution in [0.5, 0.6) is 0 Å². The fourth-order valence-corrected chi connectivity index (χ4v) is 2.19. The van der Waals surface area contributed by atoms with Gasteiger partial charge in [-0.2, -0.15) is 0 Å². The smallest absolute Gasteiger partial charge is 0.135 e. The average molecular weight is 373 g/mol. The van der Waals surface area contributed by atoms with Crippen LogP contribution in [0.1, 0.15) is 5.76 Å². The molecule has 0 spiro atoms. The van der Waals surface area contributed by atoms with Crippen LogP contribution in [-0.4, -0.2) is 20.3 Å². The van der Waals surface area contributed by atoms with Gasteiger partial charge in [0.05, 0.1) is 18.2 Å². The van der Waals surface area contributed by atoms with Crippen LogP contribution in [0.25, 0.3) is 11.3 Å². The number of hydrogen-bond acceptors (Lipinski definition) is 3. The van der Waals surface area contributed by atoms with Gasteiger partial charge in [-0.3, -0.25) is 0 Å². The minimum Gasteiger partial charge on any atom is -0.460 e. The topological polar surface area (TPSA) is 34.4 Å². The molecule has 1 N–H and O–H groups in total. The molecular weight excluding hydrogens is 356 g/mol. The zero-order valence-electron chi connectivity index (χ0n) is 11.4. The molecule has 2 aromatic rings. The number of benzene rings is 1. The maximum atomic E-state index is 6.14. The molecule has 0 amide bonds. The molecule has 1 heterocycles. The van der Waals surface area contributed by atoms with E-state index in [1.165, 1.54) is 0 Å². The third-order valence-electron chi connectivity index (χ3n) is 2.64. The summed E-state index contributed by atoms with van der Waals surface area (Å²) in [5, 5.41) is 4.42. The van der Waals surface area contributed by atoms with E-state index in [1.807, 2.05) is 18.2 Å². The van der Waals surface area contributed by atoms with Crippen molar-refractivity contribution in [3.05, 3.63) is 46.1 Å². The van der Waals surface area contributed by atoms with E-state index < -0.39 is 0 Å². The molecular formula is C14H17Cl4NO2. The maximum Gasteiger partial charge on any atom is 0.135 e. The van der Waals surface area contributed by atoms with Gasteiger partial charge in [0.15, 0.2) is 0 Å². The van der Waals surface area contributed by atoms with E-state index in [9.17, 15) is 0 Å². The standard InChI is InChI=1S/C14H15Cl2NO2.2ClH/c1-18-7-6-17-9-11-3-5-14(19-11)12-4-2-10(15)8-13(12)16;;/h2-5,8,17H,6-7,9H2,1H3;2*1H. The van der Waals surface area contributed by atoms with E-state index in [2.05, 4.69) is 5.32 Å². The number of nitrogens with one attached hydrogen (secondary N) is 1. The van der Waals surface area contributed by atoms with E-state index in [-0.39, 0.29) is 24.8 Å². The van der Waals surface area contributed by atoms with E-state index in [0.717, 1.165) is 23.6 Å². The molecule has 118 valence electrons. The molecule has 0 bridgehead atoms. The summed E-state index contributed by atoms with van der Waals surface area (Å²) in [6, 6.07) is 9.19. The fraction of sp³-hybridized carbons (Fsp3) is 0.286.